The van der Waals surface area contributed by atoms with E-state index in [1.807, 2.05) is 58.9 Å². The van der Waals surface area contributed by atoms with Gasteiger partial charge in [0.05, 0.1) is 25.9 Å². The second-order valence-electron chi connectivity index (χ2n) is 6.56. The van der Waals surface area contributed by atoms with Crippen molar-refractivity contribution in [3.63, 3.8) is 0 Å². The van der Waals surface area contributed by atoms with Crippen LogP contribution in [0.5, 0.6) is 23.0 Å². The number of benzene rings is 2. The van der Waals surface area contributed by atoms with Crippen LogP contribution in [0.4, 0.5) is 0 Å². The molecule has 0 saturated carbocycles. The van der Waals surface area contributed by atoms with Gasteiger partial charge in [-0.3, -0.25) is 4.79 Å². The van der Waals surface area contributed by atoms with Crippen LogP contribution < -0.4 is 24.3 Å². The molecule has 0 aliphatic heterocycles. The highest BCUT2D eigenvalue weighted by Crippen LogP contribution is 2.39. The summed E-state index contributed by atoms with van der Waals surface area (Å²) in [6.45, 7) is 11.3. The molecule has 6 nitrogen and oxygen atoms in total. The Hall–Kier alpha value is -2.89. The zero-order valence-corrected chi connectivity index (χ0v) is 17.9. The van der Waals surface area contributed by atoms with Gasteiger partial charge in [-0.25, -0.2) is 0 Å². The summed E-state index contributed by atoms with van der Waals surface area (Å²) in [6.07, 6.45) is 0.0560. The molecule has 2 aromatic carbocycles. The molecule has 1 amide bonds. The van der Waals surface area contributed by atoms with Gasteiger partial charge in [0.2, 0.25) is 5.75 Å². The first kappa shape index (κ1) is 22.4. The van der Waals surface area contributed by atoms with Crippen molar-refractivity contribution < 1.29 is 23.7 Å². The second kappa shape index (κ2) is 11.2. The Kier molecular flexibility index (Phi) is 8.65. The van der Waals surface area contributed by atoms with Gasteiger partial charge in [-0.15, -0.1) is 0 Å². The zero-order chi connectivity index (χ0) is 21.2. The molecule has 0 aliphatic rings. The molecule has 0 unspecified atom stereocenters. The van der Waals surface area contributed by atoms with E-state index in [1.165, 1.54) is 0 Å². The average molecular weight is 402 g/mol. The molecule has 0 fully saturated rings. The van der Waals surface area contributed by atoms with Crippen molar-refractivity contribution in [1.29, 1.82) is 0 Å². The van der Waals surface area contributed by atoms with E-state index >= 15 is 0 Å². The monoisotopic (exact) mass is 401 g/mol. The Morgan fingerprint density at radius 3 is 2.03 bits per heavy atom. The Morgan fingerprint density at radius 1 is 0.897 bits per heavy atom. The van der Waals surface area contributed by atoms with Gasteiger partial charge >= 0.3 is 0 Å². The lowest BCUT2D eigenvalue weighted by atomic mass is 10.1. The van der Waals surface area contributed by atoms with E-state index in [-0.39, 0.29) is 12.0 Å². The van der Waals surface area contributed by atoms with Crippen LogP contribution in [0.2, 0.25) is 0 Å². The highest BCUT2D eigenvalue weighted by Gasteiger charge is 2.18. The molecule has 2 aromatic rings. The molecule has 0 radical (unpaired) electrons. The molecule has 158 valence electrons. The summed E-state index contributed by atoms with van der Waals surface area (Å²) < 4.78 is 22.9. The first-order valence-electron chi connectivity index (χ1n) is 10.1. The number of rotatable bonds is 11. The summed E-state index contributed by atoms with van der Waals surface area (Å²) in [5.74, 6) is 2.04. The highest BCUT2D eigenvalue weighted by molar-refractivity contribution is 5.95. The maximum atomic E-state index is 12.8. The van der Waals surface area contributed by atoms with Crippen LogP contribution in [0.15, 0.2) is 36.4 Å². The second-order valence-corrected chi connectivity index (χ2v) is 6.56. The minimum absolute atomic E-state index is 0.0560. The molecule has 1 N–H and O–H groups in total. The Morgan fingerprint density at radius 2 is 1.48 bits per heavy atom. The first-order valence-corrected chi connectivity index (χ1v) is 10.1. The van der Waals surface area contributed by atoms with Crippen molar-refractivity contribution >= 4 is 5.91 Å². The summed E-state index contributed by atoms with van der Waals surface area (Å²) in [5, 5.41) is 2.95. The van der Waals surface area contributed by atoms with Crippen molar-refractivity contribution in [2.24, 2.45) is 0 Å². The topological polar surface area (TPSA) is 66.0 Å². The highest BCUT2D eigenvalue weighted by atomic mass is 16.5. The molecule has 0 heterocycles. The van der Waals surface area contributed by atoms with Crippen LogP contribution in [0, 0.1) is 0 Å². The van der Waals surface area contributed by atoms with E-state index in [2.05, 4.69) is 5.32 Å². The van der Waals surface area contributed by atoms with E-state index < -0.39 is 0 Å². The Labute approximate surface area is 173 Å². The van der Waals surface area contributed by atoms with Gasteiger partial charge in [0.15, 0.2) is 11.5 Å². The van der Waals surface area contributed by atoms with Gasteiger partial charge in [0, 0.05) is 17.7 Å². The third kappa shape index (κ3) is 6.31. The number of nitrogens with one attached hydrogen (secondary N) is 1. The first-order chi connectivity index (χ1) is 14.0. The third-order valence-electron chi connectivity index (χ3n) is 3.95. The summed E-state index contributed by atoms with van der Waals surface area (Å²) >= 11 is 0. The minimum Gasteiger partial charge on any atom is -0.491 e. The number of hydrogen-bond donors (Lipinski definition) is 1. The van der Waals surface area contributed by atoms with Crippen molar-refractivity contribution in [2.45, 2.75) is 47.3 Å². The maximum absolute atomic E-state index is 12.8. The average Bonchev–Trinajstić information content (AvgIpc) is 2.69. The lowest BCUT2D eigenvalue weighted by Crippen LogP contribution is -2.23. The fourth-order valence-corrected chi connectivity index (χ4v) is 2.82. The Bertz CT molecular complexity index is 777. The number of carbonyl (C=O) groups excluding carboxylic acids is 1. The fourth-order valence-electron chi connectivity index (χ4n) is 2.82. The zero-order valence-electron chi connectivity index (χ0n) is 17.9. The fraction of sp³-hybridized carbons (Fsp3) is 0.435. The number of ether oxygens (including phenoxy) is 4. The SMILES string of the molecule is CCOc1cc(C(=O)NCc2ccccc2OC(C)C)cc(OCC)c1OCC. The smallest absolute Gasteiger partial charge is 0.251 e. The van der Waals surface area contributed by atoms with Crippen LogP contribution in [0.25, 0.3) is 0 Å². The van der Waals surface area contributed by atoms with Crippen LogP contribution in [0.3, 0.4) is 0 Å². The summed E-state index contributed by atoms with van der Waals surface area (Å²) in [5.41, 5.74) is 1.36. The summed E-state index contributed by atoms with van der Waals surface area (Å²) in [7, 11) is 0. The lowest BCUT2D eigenvalue weighted by molar-refractivity contribution is 0.0949. The number of para-hydroxylation sites is 1. The van der Waals surface area contributed by atoms with Crippen molar-refractivity contribution in [3.8, 4) is 23.0 Å². The van der Waals surface area contributed by atoms with Crippen LogP contribution in [-0.4, -0.2) is 31.8 Å². The summed E-state index contributed by atoms with van der Waals surface area (Å²) in [4.78, 5) is 12.8. The molecule has 6 heteroatoms. The number of hydrogen-bond acceptors (Lipinski definition) is 5. The predicted octanol–water partition coefficient (Wildman–Crippen LogP) is 4.60. The van der Waals surface area contributed by atoms with Gasteiger partial charge in [0.25, 0.3) is 5.91 Å². The van der Waals surface area contributed by atoms with Gasteiger partial charge in [0.1, 0.15) is 5.75 Å². The lowest BCUT2D eigenvalue weighted by Gasteiger charge is -2.17. The molecule has 2 rings (SSSR count). The van der Waals surface area contributed by atoms with E-state index in [4.69, 9.17) is 18.9 Å². The third-order valence-corrected chi connectivity index (χ3v) is 3.95. The van der Waals surface area contributed by atoms with Gasteiger partial charge in [-0.05, 0) is 52.8 Å². The van der Waals surface area contributed by atoms with Gasteiger partial charge in [-0.1, -0.05) is 18.2 Å². The van der Waals surface area contributed by atoms with Crippen LogP contribution in [-0.2, 0) is 6.54 Å². The van der Waals surface area contributed by atoms with Crippen molar-refractivity contribution in [1.82, 2.24) is 5.32 Å². The van der Waals surface area contributed by atoms with E-state index in [9.17, 15) is 4.79 Å². The van der Waals surface area contributed by atoms with Gasteiger partial charge in [-0.2, -0.15) is 0 Å². The molecule has 0 atom stereocenters. The molecule has 29 heavy (non-hydrogen) atoms. The largest absolute Gasteiger partial charge is 0.491 e. The molecular formula is C23H31NO5. The van der Waals surface area contributed by atoms with Crippen LogP contribution >= 0.6 is 0 Å². The van der Waals surface area contributed by atoms with Crippen molar-refractivity contribution in [3.05, 3.63) is 47.5 Å². The van der Waals surface area contributed by atoms with Gasteiger partial charge < -0.3 is 24.3 Å². The van der Waals surface area contributed by atoms with E-state index in [0.717, 1.165) is 11.3 Å². The molecular weight excluding hydrogens is 370 g/mol. The van der Waals surface area contributed by atoms with Crippen LogP contribution in [0.1, 0.15) is 50.5 Å². The van der Waals surface area contributed by atoms with E-state index in [1.54, 1.807) is 12.1 Å². The standard InChI is InChI=1S/C23H31NO5/c1-6-26-20-13-18(14-21(27-7-2)22(20)28-8-3)23(25)24-15-17-11-9-10-12-19(17)29-16(4)5/h9-14,16H,6-8,15H2,1-5H3,(H,24,25). The molecule has 0 aliphatic carbocycles. The molecule has 0 bridgehead atoms. The molecule has 0 spiro atoms. The number of amides is 1. The van der Waals surface area contributed by atoms with E-state index in [0.29, 0.717) is 49.2 Å². The normalized spacial score (nSPS) is 10.6. The van der Waals surface area contributed by atoms with Crippen molar-refractivity contribution in [2.75, 3.05) is 19.8 Å². The quantitative estimate of drug-likeness (QED) is 0.596. The Balaban J connectivity index is 2.24. The molecule has 0 aromatic heterocycles. The maximum Gasteiger partial charge on any atom is 0.251 e. The minimum atomic E-state index is -0.227. The number of carbonyl (C=O) groups is 1. The molecule has 0 saturated heterocycles. The predicted molar refractivity (Wildman–Crippen MR) is 113 cm³/mol. The summed E-state index contributed by atoms with van der Waals surface area (Å²) in [6, 6.07) is 11.0.